The summed E-state index contributed by atoms with van der Waals surface area (Å²) in [6.45, 7) is 0. The fourth-order valence-corrected chi connectivity index (χ4v) is 4.31. The minimum Gasteiger partial charge on any atom is -0.326 e. The second-order valence-electron chi connectivity index (χ2n) is 7.40. The maximum absolute atomic E-state index is 4.50. The molecule has 2 aromatic carbocycles. The highest BCUT2D eigenvalue weighted by Crippen LogP contribution is 2.32. The van der Waals surface area contributed by atoms with Crippen molar-refractivity contribution in [2.75, 3.05) is 0 Å². The Morgan fingerprint density at radius 2 is 1.78 bits per heavy atom. The van der Waals surface area contributed by atoms with Crippen LogP contribution in [0.2, 0.25) is 0 Å². The molecule has 0 aliphatic heterocycles. The Kier molecular flexibility index (Phi) is 4.20. The van der Waals surface area contributed by atoms with E-state index in [1.165, 1.54) is 43.2 Å². The lowest BCUT2D eigenvalue weighted by Gasteiger charge is -2.23. The van der Waals surface area contributed by atoms with Gasteiger partial charge in [-0.25, -0.2) is 9.67 Å². The molecule has 0 amide bonds. The quantitative estimate of drug-likeness (QED) is 0.528. The maximum Gasteiger partial charge on any atom is 0.113 e. The van der Waals surface area contributed by atoms with Crippen LogP contribution in [0.5, 0.6) is 0 Å². The van der Waals surface area contributed by atoms with E-state index < -0.39 is 0 Å². The van der Waals surface area contributed by atoms with Crippen LogP contribution >= 0.6 is 0 Å². The molecule has 136 valence electrons. The molecule has 1 unspecified atom stereocenters. The van der Waals surface area contributed by atoms with Gasteiger partial charge in [-0.05, 0) is 36.1 Å². The first-order valence-electron chi connectivity index (χ1n) is 9.77. The van der Waals surface area contributed by atoms with Gasteiger partial charge in [0, 0.05) is 12.4 Å². The van der Waals surface area contributed by atoms with E-state index in [2.05, 4.69) is 73.1 Å². The number of hydrogen-bond donors (Lipinski definition) is 0. The normalized spacial score (nSPS) is 16.6. The van der Waals surface area contributed by atoms with Gasteiger partial charge in [-0.15, -0.1) is 5.10 Å². The molecular weight excluding hydrogens is 334 g/mol. The molecule has 1 aliphatic carbocycles. The zero-order valence-corrected chi connectivity index (χ0v) is 15.3. The molecule has 5 nitrogen and oxygen atoms in total. The second kappa shape index (κ2) is 6.99. The summed E-state index contributed by atoms with van der Waals surface area (Å²) in [7, 11) is 0. The predicted octanol–water partition coefficient (Wildman–Crippen LogP) is 4.77. The first-order valence-corrected chi connectivity index (χ1v) is 9.77. The summed E-state index contributed by atoms with van der Waals surface area (Å²) in [4.78, 5) is 4.27. The fraction of sp³-hybridized carbons (Fsp3) is 0.318. The van der Waals surface area contributed by atoms with Crippen molar-refractivity contribution >= 4 is 11.0 Å². The third-order valence-corrected chi connectivity index (χ3v) is 5.67. The Hall–Kier alpha value is -2.95. The van der Waals surface area contributed by atoms with Crippen molar-refractivity contribution in [1.29, 1.82) is 0 Å². The van der Waals surface area contributed by atoms with Crippen LogP contribution in [0.4, 0.5) is 0 Å². The number of nitrogens with zero attached hydrogens (tertiary/aromatic N) is 5. The average molecular weight is 357 g/mol. The summed E-state index contributed by atoms with van der Waals surface area (Å²) in [5, 5.41) is 8.93. The van der Waals surface area contributed by atoms with Crippen LogP contribution < -0.4 is 0 Å². The van der Waals surface area contributed by atoms with Crippen LogP contribution in [0.3, 0.4) is 0 Å². The van der Waals surface area contributed by atoms with E-state index in [1.54, 1.807) is 0 Å². The van der Waals surface area contributed by atoms with Crippen LogP contribution in [0, 0.1) is 0 Å². The number of hydrogen-bond acceptors (Lipinski definition) is 3. The molecule has 0 N–H and O–H groups in total. The van der Waals surface area contributed by atoms with E-state index in [0.29, 0.717) is 6.04 Å². The minimum absolute atomic E-state index is 0.0906. The second-order valence-corrected chi connectivity index (χ2v) is 7.40. The van der Waals surface area contributed by atoms with Crippen molar-refractivity contribution in [1.82, 2.24) is 24.5 Å². The minimum atomic E-state index is 0.0906. The molecule has 4 aromatic rings. The van der Waals surface area contributed by atoms with Crippen molar-refractivity contribution in [3.8, 4) is 0 Å². The summed E-state index contributed by atoms with van der Waals surface area (Å²) in [6, 6.07) is 17.7. The number of rotatable bonds is 4. The lowest BCUT2D eigenvalue weighted by Crippen LogP contribution is -2.15. The summed E-state index contributed by atoms with van der Waals surface area (Å²) < 4.78 is 4.32. The zero-order chi connectivity index (χ0) is 18.1. The van der Waals surface area contributed by atoms with E-state index in [-0.39, 0.29) is 6.04 Å². The van der Waals surface area contributed by atoms with Gasteiger partial charge in [-0.1, -0.05) is 60.9 Å². The van der Waals surface area contributed by atoms with Gasteiger partial charge in [0.2, 0.25) is 0 Å². The van der Waals surface area contributed by atoms with Crippen molar-refractivity contribution in [2.45, 2.75) is 44.2 Å². The molecule has 5 heteroatoms. The number of benzene rings is 2. The molecule has 1 atom stereocenters. The Labute approximate surface area is 158 Å². The van der Waals surface area contributed by atoms with Crippen molar-refractivity contribution < 1.29 is 0 Å². The van der Waals surface area contributed by atoms with Crippen LogP contribution in [0.1, 0.15) is 55.3 Å². The molecule has 5 rings (SSSR count). The Morgan fingerprint density at radius 1 is 0.926 bits per heavy atom. The molecule has 1 aliphatic rings. The number of aromatic nitrogens is 5. The van der Waals surface area contributed by atoms with Gasteiger partial charge in [-0.2, -0.15) is 0 Å². The smallest absolute Gasteiger partial charge is 0.113 e. The Bertz CT molecular complexity index is 1010. The molecule has 1 fully saturated rings. The predicted molar refractivity (Wildman–Crippen MR) is 106 cm³/mol. The Balaban J connectivity index is 1.62. The average Bonchev–Trinajstić information content (AvgIpc) is 3.40. The monoisotopic (exact) mass is 357 g/mol. The summed E-state index contributed by atoms with van der Waals surface area (Å²) in [6.07, 6.45) is 12.1. The zero-order valence-electron chi connectivity index (χ0n) is 15.3. The topological polar surface area (TPSA) is 48.5 Å². The molecule has 0 spiro atoms. The van der Waals surface area contributed by atoms with E-state index >= 15 is 0 Å². The maximum atomic E-state index is 4.50. The molecule has 2 heterocycles. The number of fused-ring (bicyclic) bond motifs is 1. The van der Waals surface area contributed by atoms with E-state index in [1.807, 2.05) is 18.7 Å². The van der Waals surface area contributed by atoms with Gasteiger partial charge < -0.3 is 4.57 Å². The lowest BCUT2D eigenvalue weighted by atomic mass is 9.95. The summed E-state index contributed by atoms with van der Waals surface area (Å²) >= 11 is 0. The third-order valence-electron chi connectivity index (χ3n) is 5.67. The first kappa shape index (κ1) is 16.2. The van der Waals surface area contributed by atoms with Crippen LogP contribution in [-0.2, 0) is 0 Å². The molecule has 0 saturated heterocycles. The lowest BCUT2D eigenvalue weighted by molar-refractivity contribution is 0.331. The van der Waals surface area contributed by atoms with E-state index in [4.69, 9.17) is 0 Å². The van der Waals surface area contributed by atoms with Crippen molar-refractivity contribution in [3.63, 3.8) is 0 Å². The number of imidazole rings is 1. The van der Waals surface area contributed by atoms with Gasteiger partial charge >= 0.3 is 0 Å². The van der Waals surface area contributed by atoms with Crippen LogP contribution in [0.25, 0.3) is 11.0 Å². The van der Waals surface area contributed by atoms with Gasteiger partial charge in [0.25, 0.3) is 0 Å². The van der Waals surface area contributed by atoms with Crippen LogP contribution in [0.15, 0.2) is 67.3 Å². The third kappa shape index (κ3) is 3.03. The SMILES string of the molecule is c1ccc(C(c2ccc3nnn(C4CCCCC4)c3c2)n2ccnc2)cc1. The molecule has 0 bridgehead atoms. The summed E-state index contributed by atoms with van der Waals surface area (Å²) in [5.41, 5.74) is 4.58. The highest BCUT2D eigenvalue weighted by atomic mass is 15.4. The fourth-order valence-electron chi connectivity index (χ4n) is 4.31. The Morgan fingerprint density at radius 3 is 2.56 bits per heavy atom. The van der Waals surface area contributed by atoms with E-state index in [0.717, 1.165) is 11.0 Å². The summed E-state index contributed by atoms with van der Waals surface area (Å²) in [5.74, 6) is 0. The first-order chi connectivity index (χ1) is 13.4. The highest BCUT2D eigenvalue weighted by molar-refractivity contribution is 5.75. The molecular formula is C22H23N5. The van der Waals surface area contributed by atoms with Gasteiger partial charge in [0.05, 0.1) is 23.9 Å². The molecule has 2 aromatic heterocycles. The highest BCUT2D eigenvalue weighted by Gasteiger charge is 2.21. The van der Waals surface area contributed by atoms with Crippen molar-refractivity contribution in [2.24, 2.45) is 0 Å². The van der Waals surface area contributed by atoms with Gasteiger partial charge in [0.15, 0.2) is 0 Å². The van der Waals surface area contributed by atoms with Gasteiger partial charge in [-0.3, -0.25) is 0 Å². The van der Waals surface area contributed by atoms with Gasteiger partial charge in [0.1, 0.15) is 5.52 Å². The molecule has 1 saturated carbocycles. The van der Waals surface area contributed by atoms with Crippen molar-refractivity contribution in [3.05, 3.63) is 78.4 Å². The molecule has 27 heavy (non-hydrogen) atoms. The molecule has 0 radical (unpaired) electrons. The largest absolute Gasteiger partial charge is 0.326 e. The standard InChI is InChI=1S/C22H23N5/c1-3-7-17(8-4-1)22(26-14-13-23-16-26)18-11-12-20-21(15-18)27(25-24-20)19-9-5-2-6-10-19/h1,3-4,7-8,11-16,19,22H,2,5-6,9-10H2. The van der Waals surface area contributed by atoms with E-state index in [9.17, 15) is 0 Å². The van der Waals surface area contributed by atoms with Crippen LogP contribution in [-0.4, -0.2) is 24.5 Å².